The molecule has 0 saturated carbocycles. The SMILES string of the molecule is CCC1CCNC(CN2CC3CCCCN3CC2C)C1. The number of fused-ring (bicyclic) bond motifs is 1. The number of hydrogen-bond acceptors (Lipinski definition) is 3. The van der Waals surface area contributed by atoms with Crippen molar-refractivity contribution in [2.24, 2.45) is 5.92 Å². The van der Waals surface area contributed by atoms with Crippen molar-refractivity contribution in [2.45, 2.75) is 70.5 Å². The highest BCUT2D eigenvalue weighted by molar-refractivity contribution is 4.91. The summed E-state index contributed by atoms with van der Waals surface area (Å²) in [5, 5.41) is 3.77. The van der Waals surface area contributed by atoms with Gasteiger partial charge in [-0.25, -0.2) is 0 Å². The number of piperidine rings is 2. The maximum Gasteiger partial charge on any atom is 0.0223 e. The quantitative estimate of drug-likeness (QED) is 0.855. The van der Waals surface area contributed by atoms with Gasteiger partial charge < -0.3 is 5.32 Å². The minimum Gasteiger partial charge on any atom is -0.313 e. The predicted molar refractivity (Wildman–Crippen MR) is 85.1 cm³/mol. The summed E-state index contributed by atoms with van der Waals surface area (Å²) in [5.74, 6) is 0.965. The number of nitrogens with zero attached hydrogens (tertiary/aromatic N) is 2. The van der Waals surface area contributed by atoms with Gasteiger partial charge in [0.15, 0.2) is 0 Å². The van der Waals surface area contributed by atoms with Gasteiger partial charge in [-0.05, 0) is 51.6 Å². The molecule has 0 aromatic carbocycles. The monoisotopic (exact) mass is 279 g/mol. The van der Waals surface area contributed by atoms with E-state index in [2.05, 4.69) is 29.0 Å². The lowest BCUT2D eigenvalue weighted by molar-refractivity contribution is 0.00801. The zero-order chi connectivity index (χ0) is 13.9. The molecule has 0 aliphatic carbocycles. The van der Waals surface area contributed by atoms with Crippen molar-refractivity contribution in [3.05, 3.63) is 0 Å². The molecule has 3 heterocycles. The molecule has 3 fully saturated rings. The first-order valence-corrected chi connectivity index (χ1v) is 8.97. The third-order valence-corrected chi connectivity index (χ3v) is 5.95. The summed E-state index contributed by atoms with van der Waals surface area (Å²) in [7, 11) is 0. The standard InChI is InChI=1S/C17H33N3/c1-3-15-7-8-18-16(10-15)12-20-13-17-6-4-5-9-19(17)11-14(20)2/h14-18H,3-13H2,1-2H3. The van der Waals surface area contributed by atoms with Gasteiger partial charge in [0.2, 0.25) is 0 Å². The summed E-state index contributed by atoms with van der Waals surface area (Å²) in [4.78, 5) is 5.54. The van der Waals surface area contributed by atoms with Crippen molar-refractivity contribution in [3.8, 4) is 0 Å². The average Bonchev–Trinajstić information content (AvgIpc) is 2.48. The zero-order valence-corrected chi connectivity index (χ0v) is 13.5. The van der Waals surface area contributed by atoms with Crippen LogP contribution in [0.4, 0.5) is 0 Å². The fourth-order valence-electron chi connectivity index (χ4n) is 4.56. The highest BCUT2D eigenvalue weighted by atomic mass is 15.3. The highest BCUT2D eigenvalue weighted by Gasteiger charge is 2.34. The van der Waals surface area contributed by atoms with Crippen LogP contribution >= 0.6 is 0 Å². The second kappa shape index (κ2) is 6.76. The Hall–Kier alpha value is -0.120. The van der Waals surface area contributed by atoms with Gasteiger partial charge in [-0.1, -0.05) is 19.8 Å². The van der Waals surface area contributed by atoms with Crippen molar-refractivity contribution in [1.82, 2.24) is 15.1 Å². The average molecular weight is 279 g/mol. The molecule has 3 heteroatoms. The van der Waals surface area contributed by atoms with Gasteiger partial charge in [0, 0.05) is 37.8 Å². The van der Waals surface area contributed by atoms with Crippen molar-refractivity contribution in [1.29, 1.82) is 0 Å². The first kappa shape index (κ1) is 14.8. The van der Waals surface area contributed by atoms with Gasteiger partial charge in [0.05, 0.1) is 0 Å². The summed E-state index contributed by atoms with van der Waals surface area (Å²) in [6.07, 6.45) is 8.45. The highest BCUT2D eigenvalue weighted by Crippen LogP contribution is 2.26. The van der Waals surface area contributed by atoms with Crippen LogP contribution in [0.3, 0.4) is 0 Å². The summed E-state index contributed by atoms with van der Waals surface area (Å²) in [6, 6.07) is 2.34. The molecule has 3 aliphatic heterocycles. The molecule has 4 unspecified atom stereocenters. The molecule has 4 atom stereocenters. The van der Waals surface area contributed by atoms with E-state index in [1.54, 1.807) is 0 Å². The molecule has 20 heavy (non-hydrogen) atoms. The molecule has 0 radical (unpaired) electrons. The molecule has 3 aliphatic rings. The fraction of sp³-hybridized carbons (Fsp3) is 1.00. The van der Waals surface area contributed by atoms with Crippen LogP contribution in [0.15, 0.2) is 0 Å². The van der Waals surface area contributed by atoms with E-state index in [9.17, 15) is 0 Å². The van der Waals surface area contributed by atoms with Crippen molar-refractivity contribution in [2.75, 3.05) is 32.7 Å². The van der Waals surface area contributed by atoms with Crippen LogP contribution < -0.4 is 5.32 Å². The molecule has 0 aromatic rings. The summed E-state index contributed by atoms with van der Waals surface area (Å²) in [5.41, 5.74) is 0. The third kappa shape index (κ3) is 3.37. The zero-order valence-electron chi connectivity index (χ0n) is 13.5. The van der Waals surface area contributed by atoms with E-state index >= 15 is 0 Å². The summed E-state index contributed by atoms with van der Waals surface area (Å²) in [6.45, 7) is 11.3. The molecule has 0 amide bonds. The molecule has 3 saturated heterocycles. The lowest BCUT2D eigenvalue weighted by Gasteiger charge is -2.48. The Kier molecular flexibility index (Phi) is 5.00. The van der Waals surface area contributed by atoms with Gasteiger partial charge in [0.25, 0.3) is 0 Å². The Morgan fingerprint density at radius 3 is 2.90 bits per heavy atom. The fourth-order valence-corrected chi connectivity index (χ4v) is 4.56. The van der Waals surface area contributed by atoms with Gasteiger partial charge in [-0.2, -0.15) is 0 Å². The normalized spacial score (nSPS) is 40.5. The van der Waals surface area contributed by atoms with E-state index in [0.29, 0.717) is 0 Å². The Bertz CT molecular complexity index is 307. The number of rotatable bonds is 3. The molecule has 3 rings (SSSR count). The van der Waals surface area contributed by atoms with Gasteiger partial charge in [-0.15, -0.1) is 0 Å². The number of hydrogen-bond donors (Lipinski definition) is 1. The Balaban J connectivity index is 1.53. The molecule has 0 bridgehead atoms. The lowest BCUT2D eigenvalue weighted by atomic mass is 9.89. The Morgan fingerprint density at radius 2 is 2.05 bits per heavy atom. The van der Waals surface area contributed by atoms with E-state index < -0.39 is 0 Å². The Labute approximate surface area is 125 Å². The van der Waals surface area contributed by atoms with Crippen molar-refractivity contribution in [3.63, 3.8) is 0 Å². The van der Waals surface area contributed by atoms with Gasteiger partial charge in [-0.3, -0.25) is 9.80 Å². The predicted octanol–water partition coefficient (Wildman–Crippen LogP) is 2.32. The van der Waals surface area contributed by atoms with Crippen LogP contribution in [0.25, 0.3) is 0 Å². The first-order valence-electron chi connectivity index (χ1n) is 8.97. The smallest absolute Gasteiger partial charge is 0.0223 e. The second-order valence-corrected chi connectivity index (χ2v) is 7.40. The van der Waals surface area contributed by atoms with Crippen molar-refractivity contribution < 1.29 is 0 Å². The number of piperazine rings is 1. The maximum atomic E-state index is 3.77. The molecule has 116 valence electrons. The van der Waals surface area contributed by atoms with E-state index in [1.165, 1.54) is 71.2 Å². The minimum atomic E-state index is 0.742. The largest absolute Gasteiger partial charge is 0.313 e. The maximum absolute atomic E-state index is 3.77. The third-order valence-electron chi connectivity index (χ3n) is 5.95. The summed E-state index contributed by atoms with van der Waals surface area (Å²) < 4.78 is 0. The van der Waals surface area contributed by atoms with Crippen molar-refractivity contribution >= 4 is 0 Å². The lowest BCUT2D eigenvalue weighted by Crippen LogP contribution is -2.61. The second-order valence-electron chi connectivity index (χ2n) is 7.40. The number of nitrogens with one attached hydrogen (secondary N) is 1. The molecule has 0 aromatic heterocycles. The minimum absolute atomic E-state index is 0.742. The molecular formula is C17H33N3. The van der Waals surface area contributed by atoms with Crippen LogP contribution in [-0.2, 0) is 0 Å². The van der Waals surface area contributed by atoms with Crippen LogP contribution in [0.2, 0.25) is 0 Å². The van der Waals surface area contributed by atoms with E-state index in [4.69, 9.17) is 0 Å². The molecule has 1 N–H and O–H groups in total. The van der Waals surface area contributed by atoms with Crippen LogP contribution in [-0.4, -0.2) is 60.6 Å². The summed E-state index contributed by atoms with van der Waals surface area (Å²) >= 11 is 0. The molecule has 3 nitrogen and oxygen atoms in total. The topological polar surface area (TPSA) is 18.5 Å². The van der Waals surface area contributed by atoms with Crippen LogP contribution in [0.1, 0.15) is 52.4 Å². The van der Waals surface area contributed by atoms with E-state index in [0.717, 1.165) is 24.0 Å². The first-order chi connectivity index (χ1) is 9.76. The molecule has 0 spiro atoms. The van der Waals surface area contributed by atoms with Crippen LogP contribution in [0.5, 0.6) is 0 Å². The van der Waals surface area contributed by atoms with E-state index in [1.807, 2.05) is 0 Å². The Morgan fingerprint density at radius 1 is 1.15 bits per heavy atom. The van der Waals surface area contributed by atoms with Gasteiger partial charge in [0.1, 0.15) is 0 Å². The van der Waals surface area contributed by atoms with E-state index in [-0.39, 0.29) is 0 Å². The van der Waals surface area contributed by atoms with Gasteiger partial charge >= 0.3 is 0 Å². The van der Waals surface area contributed by atoms with Crippen LogP contribution in [0, 0.1) is 5.92 Å². The molecular weight excluding hydrogens is 246 g/mol.